The number of amides is 1. The number of nitrogens with one attached hydrogen (secondary N) is 1. The molecule has 0 unspecified atom stereocenters. The molecule has 0 fully saturated rings. The number of aromatic amines is 1. The molecule has 4 aromatic heterocycles. The zero-order valence-corrected chi connectivity index (χ0v) is 17.0. The van der Waals surface area contributed by atoms with E-state index in [4.69, 9.17) is 5.73 Å². The number of halogens is 2. The molecule has 160 valence electrons. The monoisotopic (exact) mass is 434 g/mol. The van der Waals surface area contributed by atoms with Crippen molar-refractivity contribution in [2.45, 2.75) is 0 Å². The van der Waals surface area contributed by atoms with Crippen LogP contribution in [-0.2, 0) is 14.1 Å². The Bertz CT molecular complexity index is 1490. The first kappa shape index (κ1) is 19.5. The molecule has 0 aliphatic carbocycles. The molecule has 1 aromatic carbocycles. The molecular formula is C21H16F2N8O. The number of H-pyrrole nitrogens is 1. The molecular weight excluding hydrogens is 418 g/mol. The summed E-state index contributed by atoms with van der Waals surface area (Å²) in [6.45, 7) is 0. The standard InChI is InChI=1S/C21H16F2N8O/c1-30-8-11(6-26-30)19-12-5-16(25-7-17(12)27-28-19)18-14(22)3-10(4-15(18)23)20-13(21(24)32)9-31(2)29-20/h3-9H,1-2H3,(H2,24,32)(H,27,28). The van der Waals surface area contributed by atoms with Gasteiger partial charge in [-0.05, 0) is 18.2 Å². The fourth-order valence-corrected chi connectivity index (χ4v) is 3.65. The van der Waals surface area contributed by atoms with Crippen molar-refractivity contribution in [3.8, 4) is 33.8 Å². The lowest BCUT2D eigenvalue weighted by Crippen LogP contribution is -2.11. The summed E-state index contributed by atoms with van der Waals surface area (Å²) in [7, 11) is 3.36. The minimum absolute atomic E-state index is 0.0677. The van der Waals surface area contributed by atoms with E-state index in [0.717, 1.165) is 17.7 Å². The van der Waals surface area contributed by atoms with Gasteiger partial charge in [-0.2, -0.15) is 15.3 Å². The highest BCUT2D eigenvalue weighted by atomic mass is 19.1. The summed E-state index contributed by atoms with van der Waals surface area (Å²) >= 11 is 0. The van der Waals surface area contributed by atoms with Gasteiger partial charge in [0.2, 0.25) is 0 Å². The number of carbonyl (C=O) groups excluding carboxylic acids is 1. The van der Waals surface area contributed by atoms with Crippen molar-refractivity contribution < 1.29 is 13.6 Å². The predicted molar refractivity (Wildman–Crippen MR) is 112 cm³/mol. The molecule has 32 heavy (non-hydrogen) atoms. The highest BCUT2D eigenvalue weighted by Crippen LogP contribution is 2.33. The van der Waals surface area contributed by atoms with Crippen molar-refractivity contribution >= 4 is 16.8 Å². The molecule has 11 heteroatoms. The summed E-state index contributed by atoms with van der Waals surface area (Å²) in [6.07, 6.45) is 6.30. The normalized spacial score (nSPS) is 11.4. The number of carbonyl (C=O) groups is 1. The van der Waals surface area contributed by atoms with Gasteiger partial charge in [0, 0.05) is 43.0 Å². The summed E-state index contributed by atoms with van der Waals surface area (Å²) in [5.41, 5.74) is 7.38. The zero-order valence-electron chi connectivity index (χ0n) is 17.0. The van der Waals surface area contributed by atoms with E-state index in [1.54, 1.807) is 37.2 Å². The third-order valence-corrected chi connectivity index (χ3v) is 5.09. The van der Waals surface area contributed by atoms with Gasteiger partial charge in [-0.3, -0.25) is 24.2 Å². The molecule has 0 aliphatic heterocycles. The van der Waals surface area contributed by atoms with Crippen molar-refractivity contribution in [2.24, 2.45) is 19.8 Å². The van der Waals surface area contributed by atoms with Crippen molar-refractivity contribution in [3.63, 3.8) is 0 Å². The Hall–Kier alpha value is -4.41. The van der Waals surface area contributed by atoms with Crippen LogP contribution < -0.4 is 5.73 Å². The molecule has 0 atom stereocenters. The van der Waals surface area contributed by atoms with Gasteiger partial charge in [-0.15, -0.1) is 0 Å². The molecule has 9 nitrogen and oxygen atoms in total. The molecule has 0 saturated carbocycles. The lowest BCUT2D eigenvalue weighted by Gasteiger charge is -2.08. The van der Waals surface area contributed by atoms with Gasteiger partial charge in [0.25, 0.3) is 5.91 Å². The van der Waals surface area contributed by atoms with Crippen LogP contribution in [0.4, 0.5) is 8.78 Å². The molecule has 5 aromatic rings. The minimum Gasteiger partial charge on any atom is -0.365 e. The third-order valence-electron chi connectivity index (χ3n) is 5.09. The van der Waals surface area contributed by atoms with E-state index in [1.165, 1.54) is 17.1 Å². The van der Waals surface area contributed by atoms with Gasteiger partial charge in [-0.1, -0.05) is 0 Å². The number of benzene rings is 1. The van der Waals surface area contributed by atoms with Crippen LogP contribution in [0, 0.1) is 11.6 Å². The van der Waals surface area contributed by atoms with Crippen LogP contribution in [0.2, 0.25) is 0 Å². The van der Waals surface area contributed by atoms with Crippen LogP contribution >= 0.6 is 0 Å². The fraction of sp³-hybridized carbons (Fsp3) is 0.0952. The Morgan fingerprint density at radius 1 is 1.00 bits per heavy atom. The first-order chi connectivity index (χ1) is 15.3. The number of hydrogen-bond acceptors (Lipinski definition) is 5. The topological polar surface area (TPSA) is 120 Å². The van der Waals surface area contributed by atoms with Crippen LogP contribution in [-0.4, -0.2) is 40.6 Å². The quantitative estimate of drug-likeness (QED) is 0.451. The van der Waals surface area contributed by atoms with E-state index >= 15 is 8.78 Å². The molecule has 0 bridgehead atoms. The highest BCUT2D eigenvalue weighted by Gasteiger charge is 2.21. The molecule has 0 radical (unpaired) electrons. The Kier molecular flexibility index (Phi) is 4.33. The number of nitrogens with two attached hydrogens (primary N) is 1. The van der Waals surface area contributed by atoms with E-state index < -0.39 is 17.5 Å². The molecule has 0 spiro atoms. The average molecular weight is 434 g/mol. The lowest BCUT2D eigenvalue weighted by molar-refractivity contribution is 0.100. The Labute approximate surface area is 179 Å². The number of aromatic nitrogens is 7. The number of nitrogens with zero attached hydrogens (tertiary/aromatic N) is 6. The van der Waals surface area contributed by atoms with Gasteiger partial charge in [0.05, 0.1) is 34.7 Å². The van der Waals surface area contributed by atoms with E-state index in [9.17, 15) is 4.79 Å². The average Bonchev–Trinajstić information content (AvgIpc) is 3.45. The lowest BCUT2D eigenvalue weighted by atomic mass is 10.0. The van der Waals surface area contributed by atoms with Crippen LogP contribution in [0.5, 0.6) is 0 Å². The maximum absolute atomic E-state index is 15.1. The number of aryl methyl sites for hydroxylation is 2. The summed E-state index contributed by atoms with van der Waals surface area (Å²) in [6, 6.07) is 3.78. The number of fused-ring (bicyclic) bond motifs is 1. The Balaban J connectivity index is 1.63. The summed E-state index contributed by atoms with van der Waals surface area (Å²) in [4.78, 5) is 15.9. The predicted octanol–water partition coefficient (Wildman–Crippen LogP) is 2.80. The van der Waals surface area contributed by atoms with Crippen molar-refractivity contribution in [1.82, 2.24) is 34.7 Å². The molecule has 0 aliphatic rings. The SMILES string of the molecule is Cn1cc(-c2n[nH]c3cnc(-c4c(F)cc(-c5nn(C)cc5C(N)=O)cc4F)cc23)cn1. The van der Waals surface area contributed by atoms with Crippen molar-refractivity contribution in [3.05, 3.63) is 60.2 Å². The molecule has 3 N–H and O–H groups in total. The minimum atomic E-state index is -0.848. The van der Waals surface area contributed by atoms with Gasteiger partial charge in [0.1, 0.15) is 23.0 Å². The van der Waals surface area contributed by atoms with Crippen LogP contribution in [0.1, 0.15) is 10.4 Å². The van der Waals surface area contributed by atoms with E-state index in [2.05, 4.69) is 25.4 Å². The van der Waals surface area contributed by atoms with Crippen LogP contribution in [0.15, 0.2) is 43.0 Å². The third kappa shape index (κ3) is 3.11. The van der Waals surface area contributed by atoms with Crippen LogP contribution in [0.25, 0.3) is 44.7 Å². The number of pyridine rings is 1. The second kappa shape index (κ2) is 7.08. The first-order valence-electron chi connectivity index (χ1n) is 9.48. The molecule has 1 amide bonds. The van der Waals surface area contributed by atoms with E-state index in [0.29, 0.717) is 16.6 Å². The fourth-order valence-electron chi connectivity index (χ4n) is 3.65. The van der Waals surface area contributed by atoms with Gasteiger partial charge >= 0.3 is 0 Å². The molecule has 4 heterocycles. The van der Waals surface area contributed by atoms with Gasteiger partial charge in [0.15, 0.2) is 0 Å². The van der Waals surface area contributed by atoms with Gasteiger partial charge < -0.3 is 5.73 Å². The highest BCUT2D eigenvalue weighted by molar-refractivity contribution is 5.99. The maximum atomic E-state index is 15.1. The summed E-state index contributed by atoms with van der Waals surface area (Å²) < 4.78 is 33.2. The van der Waals surface area contributed by atoms with E-state index in [1.807, 2.05) is 0 Å². The maximum Gasteiger partial charge on any atom is 0.252 e. The Morgan fingerprint density at radius 3 is 2.41 bits per heavy atom. The smallest absolute Gasteiger partial charge is 0.252 e. The summed E-state index contributed by atoms with van der Waals surface area (Å²) in [5.74, 6) is -2.44. The molecule has 5 rings (SSSR count). The number of primary amides is 1. The van der Waals surface area contributed by atoms with Crippen molar-refractivity contribution in [2.75, 3.05) is 0 Å². The number of hydrogen-bond donors (Lipinski definition) is 2. The Morgan fingerprint density at radius 2 is 1.75 bits per heavy atom. The van der Waals surface area contributed by atoms with E-state index in [-0.39, 0.29) is 28.1 Å². The van der Waals surface area contributed by atoms with Gasteiger partial charge in [-0.25, -0.2) is 8.78 Å². The van der Waals surface area contributed by atoms with Crippen molar-refractivity contribution in [1.29, 1.82) is 0 Å². The molecule has 0 saturated heterocycles. The zero-order chi connectivity index (χ0) is 22.6. The second-order valence-electron chi connectivity index (χ2n) is 7.33. The van der Waals surface area contributed by atoms with Crippen LogP contribution in [0.3, 0.4) is 0 Å². The number of rotatable bonds is 4. The first-order valence-corrected chi connectivity index (χ1v) is 9.48. The largest absolute Gasteiger partial charge is 0.365 e. The summed E-state index contributed by atoms with van der Waals surface area (Å²) in [5, 5.41) is 16.0. The second-order valence-corrected chi connectivity index (χ2v) is 7.33.